The maximum absolute atomic E-state index is 9.16. The van der Waals surface area contributed by atoms with E-state index in [-0.39, 0.29) is 0 Å². The van der Waals surface area contributed by atoms with Crippen molar-refractivity contribution in [2.45, 2.75) is 51.1 Å². The average molecular weight is 230 g/mol. The van der Waals surface area contributed by atoms with Gasteiger partial charge in [0.25, 0.3) is 0 Å². The Morgan fingerprint density at radius 1 is 1.29 bits per heavy atom. The normalized spacial score (nSPS) is 24.1. The molecule has 90 valence electrons. The summed E-state index contributed by atoms with van der Waals surface area (Å²) in [5.74, 6) is 1.11. The molecule has 1 saturated heterocycles. The van der Waals surface area contributed by atoms with Gasteiger partial charge in [0.15, 0.2) is 5.69 Å². The molecule has 1 aromatic rings. The highest BCUT2D eigenvalue weighted by molar-refractivity contribution is 5.31. The molecule has 0 aliphatic carbocycles. The molecule has 2 aliphatic rings. The van der Waals surface area contributed by atoms with Crippen LogP contribution in [0.2, 0.25) is 0 Å². The number of hydrogen-bond donors (Lipinski definition) is 1. The zero-order valence-electron chi connectivity index (χ0n) is 10.1. The van der Waals surface area contributed by atoms with Crippen LogP contribution in [0.15, 0.2) is 0 Å². The van der Waals surface area contributed by atoms with E-state index >= 15 is 0 Å². The third kappa shape index (κ3) is 1.85. The van der Waals surface area contributed by atoms with Gasteiger partial charge in [0.05, 0.1) is 11.7 Å². The first kappa shape index (κ1) is 10.8. The smallest absolute Gasteiger partial charge is 0.162 e. The van der Waals surface area contributed by atoms with Crippen LogP contribution in [0.25, 0.3) is 0 Å². The Kier molecular flexibility index (Phi) is 2.86. The number of nitrogens with zero attached hydrogens (tertiary/aromatic N) is 3. The third-order valence-electron chi connectivity index (χ3n) is 3.88. The molecule has 0 saturated carbocycles. The first-order valence-electron chi connectivity index (χ1n) is 6.63. The number of imidazole rings is 1. The van der Waals surface area contributed by atoms with E-state index < -0.39 is 0 Å². The predicted octanol–water partition coefficient (Wildman–Crippen LogP) is 1.91. The molecule has 1 aromatic heterocycles. The van der Waals surface area contributed by atoms with Crippen molar-refractivity contribution < 1.29 is 0 Å². The zero-order chi connectivity index (χ0) is 11.7. The van der Waals surface area contributed by atoms with Gasteiger partial charge in [-0.15, -0.1) is 0 Å². The lowest BCUT2D eigenvalue weighted by Gasteiger charge is -2.25. The molecule has 3 heterocycles. The van der Waals surface area contributed by atoms with Crippen LogP contribution in [0.4, 0.5) is 0 Å². The summed E-state index contributed by atoms with van der Waals surface area (Å²) < 4.78 is 2.30. The molecule has 2 aliphatic heterocycles. The summed E-state index contributed by atoms with van der Waals surface area (Å²) in [5.41, 5.74) is 1.83. The average Bonchev–Trinajstić information content (AvgIpc) is 2.78. The van der Waals surface area contributed by atoms with Crippen LogP contribution in [-0.4, -0.2) is 16.1 Å². The van der Waals surface area contributed by atoms with E-state index in [0.29, 0.717) is 11.7 Å². The molecule has 0 bridgehead atoms. The van der Waals surface area contributed by atoms with Gasteiger partial charge in [-0.3, -0.25) is 0 Å². The van der Waals surface area contributed by atoms with E-state index in [4.69, 9.17) is 5.26 Å². The molecule has 0 radical (unpaired) electrons. The number of nitriles is 1. The van der Waals surface area contributed by atoms with E-state index in [1.807, 2.05) is 0 Å². The van der Waals surface area contributed by atoms with Crippen molar-refractivity contribution >= 4 is 0 Å². The number of rotatable bonds is 1. The van der Waals surface area contributed by atoms with Gasteiger partial charge in [0, 0.05) is 6.54 Å². The zero-order valence-corrected chi connectivity index (χ0v) is 10.1. The number of aromatic nitrogens is 2. The second-order valence-electron chi connectivity index (χ2n) is 4.99. The van der Waals surface area contributed by atoms with Crippen molar-refractivity contribution in [1.82, 2.24) is 14.9 Å². The molecular weight excluding hydrogens is 212 g/mol. The molecule has 0 amide bonds. The summed E-state index contributed by atoms with van der Waals surface area (Å²) in [7, 11) is 0. The molecule has 4 heteroatoms. The van der Waals surface area contributed by atoms with Crippen LogP contribution in [0.5, 0.6) is 0 Å². The van der Waals surface area contributed by atoms with Gasteiger partial charge in [0.1, 0.15) is 11.9 Å². The molecule has 0 aromatic carbocycles. The maximum atomic E-state index is 9.16. The molecule has 0 spiro atoms. The fraction of sp³-hybridized carbons (Fsp3) is 0.692. The van der Waals surface area contributed by atoms with Gasteiger partial charge in [-0.2, -0.15) is 5.26 Å². The van der Waals surface area contributed by atoms with E-state index in [9.17, 15) is 0 Å². The molecule has 3 rings (SSSR count). The lowest BCUT2D eigenvalue weighted by Crippen LogP contribution is -2.30. The maximum Gasteiger partial charge on any atom is 0.162 e. The second kappa shape index (κ2) is 4.50. The van der Waals surface area contributed by atoms with Crippen LogP contribution in [-0.2, 0) is 13.0 Å². The minimum atomic E-state index is 0.364. The predicted molar refractivity (Wildman–Crippen MR) is 64.5 cm³/mol. The topological polar surface area (TPSA) is 53.6 Å². The summed E-state index contributed by atoms with van der Waals surface area (Å²) >= 11 is 0. The highest BCUT2D eigenvalue weighted by atomic mass is 15.1. The Hall–Kier alpha value is -1.34. The number of piperidine rings is 1. The van der Waals surface area contributed by atoms with E-state index in [0.717, 1.165) is 31.8 Å². The highest BCUT2D eigenvalue weighted by Crippen LogP contribution is 2.28. The Labute approximate surface area is 102 Å². The molecule has 1 fully saturated rings. The van der Waals surface area contributed by atoms with Crippen molar-refractivity contribution in [1.29, 1.82) is 5.26 Å². The Morgan fingerprint density at radius 3 is 3.00 bits per heavy atom. The van der Waals surface area contributed by atoms with Crippen molar-refractivity contribution in [2.24, 2.45) is 0 Å². The Bertz CT molecular complexity index is 449. The Balaban J connectivity index is 1.98. The van der Waals surface area contributed by atoms with E-state index in [1.54, 1.807) is 0 Å². The number of fused-ring (bicyclic) bond motifs is 1. The lowest BCUT2D eigenvalue weighted by molar-refractivity contribution is 0.376. The number of nitrogens with one attached hydrogen (secondary N) is 1. The van der Waals surface area contributed by atoms with Crippen LogP contribution in [0.1, 0.15) is 55.4 Å². The largest absolute Gasteiger partial charge is 0.329 e. The fourth-order valence-electron chi connectivity index (χ4n) is 3.00. The van der Waals surface area contributed by atoms with E-state index in [1.165, 1.54) is 31.4 Å². The minimum Gasteiger partial charge on any atom is -0.329 e. The molecule has 1 N–H and O–H groups in total. The van der Waals surface area contributed by atoms with Gasteiger partial charge in [0.2, 0.25) is 0 Å². The highest BCUT2D eigenvalue weighted by Gasteiger charge is 2.25. The minimum absolute atomic E-state index is 0.364. The fourth-order valence-corrected chi connectivity index (χ4v) is 3.00. The standard InChI is InChI=1S/C13H18N4/c14-9-11-12-6-2-4-8-17(12)13(16-11)10-5-1-3-7-15-10/h10,15H,1-8H2. The number of hydrogen-bond acceptors (Lipinski definition) is 3. The molecular formula is C13H18N4. The second-order valence-corrected chi connectivity index (χ2v) is 4.99. The van der Waals surface area contributed by atoms with Gasteiger partial charge >= 0.3 is 0 Å². The van der Waals surface area contributed by atoms with Gasteiger partial charge in [-0.25, -0.2) is 4.98 Å². The van der Waals surface area contributed by atoms with Gasteiger partial charge < -0.3 is 9.88 Å². The van der Waals surface area contributed by atoms with Crippen LogP contribution in [0, 0.1) is 11.3 Å². The van der Waals surface area contributed by atoms with Gasteiger partial charge in [-0.1, -0.05) is 6.42 Å². The summed E-state index contributed by atoms with van der Waals surface area (Å²) in [6, 6.07) is 2.62. The van der Waals surface area contributed by atoms with Crippen LogP contribution >= 0.6 is 0 Å². The van der Waals surface area contributed by atoms with Crippen LogP contribution < -0.4 is 5.32 Å². The molecule has 4 nitrogen and oxygen atoms in total. The van der Waals surface area contributed by atoms with Crippen LogP contribution in [0.3, 0.4) is 0 Å². The third-order valence-corrected chi connectivity index (χ3v) is 3.88. The van der Waals surface area contributed by atoms with Crippen molar-refractivity contribution in [2.75, 3.05) is 6.54 Å². The quantitative estimate of drug-likeness (QED) is 0.801. The van der Waals surface area contributed by atoms with Crippen molar-refractivity contribution in [3.05, 3.63) is 17.2 Å². The first-order valence-corrected chi connectivity index (χ1v) is 6.63. The summed E-state index contributed by atoms with van der Waals surface area (Å²) in [5, 5.41) is 12.7. The first-order chi connectivity index (χ1) is 8.40. The van der Waals surface area contributed by atoms with E-state index in [2.05, 4.69) is 20.9 Å². The summed E-state index contributed by atoms with van der Waals surface area (Å²) in [6.07, 6.45) is 7.10. The molecule has 1 atom stereocenters. The Morgan fingerprint density at radius 2 is 2.24 bits per heavy atom. The lowest BCUT2D eigenvalue weighted by atomic mass is 10.0. The monoisotopic (exact) mass is 230 g/mol. The van der Waals surface area contributed by atoms with Gasteiger partial charge in [-0.05, 0) is 38.6 Å². The van der Waals surface area contributed by atoms with Crippen molar-refractivity contribution in [3.8, 4) is 6.07 Å². The molecule has 1 unspecified atom stereocenters. The van der Waals surface area contributed by atoms with Crippen molar-refractivity contribution in [3.63, 3.8) is 0 Å². The summed E-state index contributed by atoms with van der Waals surface area (Å²) in [6.45, 7) is 2.12. The summed E-state index contributed by atoms with van der Waals surface area (Å²) in [4.78, 5) is 4.57. The SMILES string of the molecule is N#Cc1nc(C2CCCCN2)n2c1CCCC2. The molecule has 17 heavy (non-hydrogen) atoms.